The summed E-state index contributed by atoms with van der Waals surface area (Å²) in [6.07, 6.45) is 3.28. The zero-order valence-electron chi connectivity index (χ0n) is 19.6. The minimum atomic E-state index is -0.312. The number of ether oxygens (including phenoxy) is 2. The first-order chi connectivity index (χ1) is 16.6. The van der Waals surface area contributed by atoms with E-state index in [4.69, 9.17) is 9.47 Å². The number of hydrogen-bond acceptors (Lipinski definition) is 5. The van der Waals surface area contributed by atoms with Gasteiger partial charge in [0.1, 0.15) is 5.82 Å². The molecule has 1 N–H and O–H groups in total. The van der Waals surface area contributed by atoms with Crippen molar-refractivity contribution in [2.24, 2.45) is 0 Å². The summed E-state index contributed by atoms with van der Waals surface area (Å²) >= 11 is 0. The van der Waals surface area contributed by atoms with Crippen molar-refractivity contribution in [3.05, 3.63) is 77.7 Å². The van der Waals surface area contributed by atoms with Crippen molar-refractivity contribution in [3.63, 3.8) is 0 Å². The average Bonchev–Trinajstić information content (AvgIpc) is 2.86. The van der Waals surface area contributed by atoms with Gasteiger partial charge in [0.15, 0.2) is 11.5 Å². The third kappa shape index (κ3) is 5.72. The summed E-state index contributed by atoms with van der Waals surface area (Å²) in [5.74, 6) is 1.10. The molecule has 0 radical (unpaired) electrons. The van der Waals surface area contributed by atoms with Crippen LogP contribution in [0.4, 0.5) is 4.39 Å². The number of benzene rings is 2. The van der Waals surface area contributed by atoms with Gasteiger partial charge in [0, 0.05) is 43.0 Å². The normalized spacial score (nSPS) is 14.6. The monoisotopic (exact) mass is 463 g/mol. The number of para-hydroxylation sites is 1. The molecule has 2 aromatic carbocycles. The Kier molecular flexibility index (Phi) is 7.75. The van der Waals surface area contributed by atoms with Crippen LogP contribution in [0, 0.1) is 5.82 Å². The lowest BCUT2D eigenvalue weighted by atomic mass is 10.0. The molecule has 6 nitrogen and oxygen atoms in total. The SMILES string of the molecule is CCOc1c(CN2CCC(NC(=O)c3ccc(-c4cccc(F)c4)nc3)CC2)cccc1OC. The molecule has 0 atom stereocenters. The van der Waals surface area contributed by atoms with E-state index in [1.807, 2.05) is 19.1 Å². The van der Waals surface area contributed by atoms with Gasteiger partial charge in [0.2, 0.25) is 0 Å². The van der Waals surface area contributed by atoms with E-state index in [-0.39, 0.29) is 17.8 Å². The number of aromatic nitrogens is 1. The van der Waals surface area contributed by atoms with Gasteiger partial charge < -0.3 is 14.8 Å². The van der Waals surface area contributed by atoms with Gasteiger partial charge in [0.05, 0.1) is 25.0 Å². The van der Waals surface area contributed by atoms with Crippen molar-refractivity contribution < 1.29 is 18.7 Å². The van der Waals surface area contributed by atoms with Crippen LogP contribution in [-0.2, 0) is 6.54 Å². The van der Waals surface area contributed by atoms with Gasteiger partial charge in [-0.15, -0.1) is 0 Å². The third-order valence-corrected chi connectivity index (χ3v) is 6.03. The third-order valence-electron chi connectivity index (χ3n) is 6.03. The van der Waals surface area contributed by atoms with Crippen molar-refractivity contribution >= 4 is 5.91 Å². The Morgan fingerprint density at radius 1 is 1.15 bits per heavy atom. The predicted octanol–water partition coefficient (Wildman–Crippen LogP) is 4.69. The van der Waals surface area contributed by atoms with Crippen LogP contribution in [0.25, 0.3) is 11.3 Å². The van der Waals surface area contributed by atoms with Gasteiger partial charge >= 0.3 is 0 Å². The molecule has 1 saturated heterocycles. The maximum absolute atomic E-state index is 13.5. The summed E-state index contributed by atoms with van der Waals surface area (Å²) in [5, 5.41) is 3.13. The van der Waals surface area contributed by atoms with E-state index in [2.05, 4.69) is 21.3 Å². The Morgan fingerprint density at radius 2 is 1.94 bits per heavy atom. The van der Waals surface area contributed by atoms with Crippen molar-refractivity contribution in [2.75, 3.05) is 26.8 Å². The Bertz CT molecular complexity index is 1110. The fourth-order valence-corrected chi connectivity index (χ4v) is 4.25. The second-order valence-corrected chi connectivity index (χ2v) is 8.35. The highest BCUT2D eigenvalue weighted by Gasteiger charge is 2.23. The lowest BCUT2D eigenvalue weighted by Crippen LogP contribution is -2.44. The van der Waals surface area contributed by atoms with Crippen LogP contribution in [0.2, 0.25) is 0 Å². The number of pyridine rings is 1. The molecule has 1 amide bonds. The van der Waals surface area contributed by atoms with Crippen LogP contribution in [0.5, 0.6) is 11.5 Å². The van der Waals surface area contributed by atoms with E-state index in [9.17, 15) is 9.18 Å². The van der Waals surface area contributed by atoms with E-state index in [0.29, 0.717) is 23.4 Å². The number of halogens is 1. The van der Waals surface area contributed by atoms with Gasteiger partial charge in [-0.1, -0.05) is 24.3 Å². The van der Waals surface area contributed by atoms with Gasteiger partial charge in [0.25, 0.3) is 5.91 Å². The number of amides is 1. The molecule has 1 aromatic heterocycles. The molecule has 178 valence electrons. The summed E-state index contributed by atoms with van der Waals surface area (Å²) in [7, 11) is 1.65. The predicted molar refractivity (Wildman–Crippen MR) is 130 cm³/mol. The maximum atomic E-state index is 13.5. The van der Waals surface area contributed by atoms with Crippen molar-refractivity contribution in [2.45, 2.75) is 32.4 Å². The first-order valence-electron chi connectivity index (χ1n) is 11.6. The molecule has 1 fully saturated rings. The first-order valence-corrected chi connectivity index (χ1v) is 11.6. The molecular weight excluding hydrogens is 433 g/mol. The number of piperidine rings is 1. The summed E-state index contributed by atoms with van der Waals surface area (Å²) in [6, 6.07) is 15.8. The minimum Gasteiger partial charge on any atom is -0.493 e. The van der Waals surface area contributed by atoms with E-state index < -0.39 is 0 Å². The lowest BCUT2D eigenvalue weighted by Gasteiger charge is -2.32. The zero-order valence-corrected chi connectivity index (χ0v) is 19.6. The molecule has 0 aliphatic carbocycles. The number of nitrogens with zero attached hydrogens (tertiary/aromatic N) is 2. The van der Waals surface area contributed by atoms with Crippen LogP contribution >= 0.6 is 0 Å². The molecule has 0 unspecified atom stereocenters. The number of rotatable bonds is 8. The molecule has 2 heterocycles. The largest absolute Gasteiger partial charge is 0.493 e. The van der Waals surface area contributed by atoms with Crippen LogP contribution in [0.3, 0.4) is 0 Å². The second-order valence-electron chi connectivity index (χ2n) is 8.35. The van der Waals surface area contributed by atoms with Crippen LogP contribution in [0.15, 0.2) is 60.8 Å². The van der Waals surface area contributed by atoms with E-state index in [0.717, 1.165) is 49.5 Å². The second kappa shape index (κ2) is 11.1. The Balaban J connectivity index is 1.31. The topological polar surface area (TPSA) is 63.7 Å². The van der Waals surface area contributed by atoms with Crippen molar-refractivity contribution in [1.82, 2.24) is 15.2 Å². The zero-order chi connectivity index (χ0) is 23.9. The Morgan fingerprint density at radius 3 is 2.62 bits per heavy atom. The molecule has 3 aromatic rings. The van der Waals surface area contributed by atoms with Crippen LogP contribution < -0.4 is 14.8 Å². The molecule has 0 spiro atoms. The summed E-state index contributed by atoms with van der Waals surface area (Å²) in [5.41, 5.74) is 2.92. The van der Waals surface area contributed by atoms with E-state index in [1.54, 1.807) is 37.6 Å². The molecule has 7 heteroatoms. The highest BCUT2D eigenvalue weighted by atomic mass is 19.1. The molecule has 0 saturated carbocycles. The van der Waals surface area contributed by atoms with E-state index >= 15 is 0 Å². The molecule has 0 bridgehead atoms. The number of carbonyl (C=O) groups is 1. The van der Waals surface area contributed by atoms with Gasteiger partial charge in [-0.25, -0.2) is 4.39 Å². The summed E-state index contributed by atoms with van der Waals surface area (Å²) in [4.78, 5) is 19.4. The van der Waals surface area contributed by atoms with Crippen molar-refractivity contribution in [3.8, 4) is 22.8 Å². The summed E-state index contributed by atoms with van der Waals surface area (Å²) < 4.78 is 24.7. The van der Waals surface area contributed by atoms with Gasteiger partial charge in [-0.2, -0.15) is 0 Å². The van der Waals surface area contributed by atoms with Gasteiger partial charge in [-0.05, 0) is 50.1 Å². The summed E-state index contributed by atoms with van der Waals surface area (Å²) in [6.45, 7) is 5.09. The number of nitrogens with one attached hydrogen (secondary N) is 1. The number of methoxy groups -OCH3 is 1. The smallest absolute Gasteiger partial charge is 0.253 e. The van der Waals surface area contributed by atoms with E-state index in [1.165, 1.54) is 12.1 Å². The Hall–Kier alpha value is -3.45. The molecule has 4 rings (SSSR count). The standard InChI is InChI=1S/C27H30FN3O3/c1-3-34-26-21(7-5-9-25(26)33-2)18-31-14-12-23(13-15-31)30-27(32)20-10-11-24(29-17-20)19-6-4-8-22(28)16-19/h4-11,16-17,23H,3,12-15,18H2,1-2H3,(H,30,32). The quantitative estimate of drug-likeness (QED) is 0.525. The highest BCUT2D eigenvalue weighted by Crippen LogP contribution is 2.32. The lowest BCUT2D eigenvalue weighted by molar-refractivity contribution is 0.0908. The van der Waals surface area contributed by atoms with Crippen LogP contribution in [0.1, 0.15) is 35.7 Å². The molecule has 34 heavy (non-hydrogen) atoms. The van der Waals surface area contributed by atoms with Gasteiger partial charge in [-0.3, -0.25) is 14.7 Å². The average molecular weight is 464 g/mol. The Labute approximate surface area is 199 Å². The molecule has 1 aliphatic rings. The maximum Gasteiger partial charge on any atom is 0.253 e. The number of carbonyl (C=O) groups excluding carboxylic acids is 1. The minimum absolute atomic E-state index is 0.114. The fourth-order valence-electron chi connectivity index (χ4n) is 4.25. The number of likely N-dealkylation sites (tertiary alicyclic amines) is 1. The fraction of sp³-hybridized carbons (Fsp3) is 0.333. The number of hydrogen-bond donors (Lipinski definition) is 1. The van der Waals surface area contributed by atoms with Crippen molar-refractivity contribution in [1.29, 1.82) is 0 Å². The molecule has 1 aliphatic heterocycles. The highest BCUT2D eigenvalue weighted by molar-refractivity contribution is 5.94. The van der Waals surface area contributed by atoms with Crippen LogP contribution in [-0.4, -0.2) is 48.6 Å². The first kappa shape index (κ1) is 23.7. The molecular formula is C27H30FN3O3.